The predicted octanol–water partition coefficient (Wildman–Crippen LogP) is 5.14. The summed E-state index contributed by atoms with van der Waals surface area (Å²) >= 11 is 0. The van der Waals surface area contributed by atoms with Gasteiger partial charge in [-0.3, -0.25) is 0 Å². The van der Waals surface area contributed by atoms with Crippen LogP contribution >= 0.6 is 0 Å². The van der Waals surface area contributed by atoms with E-state index in [0.717, 1.165) is 17.9 Å². The molecule has 0 heterocycles. The summed E-state index contributed by atoms with van der Waals surface area (Å²) in [6, 6.07) is 16.3. The van der Waals surface area contributed by atoms with Crippen LogP contribution in [0.4, 0.5) is 0 Å². The fourth-order valence-electron chi connectivity index (χ4n) is 2.39. The first-order valence-corrected chi connectivity index (χ1v) is 9.21. The molecular formula is C23H28O4. The summed E-state index contributed by atoms with van der Waals surface area (Å²) < 4.78 is 21.8. The Morgan fingerprint density at radius 3 is 1.37 bits per heavy atom. The Morgan fingerprint density at radius 2 is 1.00 bits per heavy atom. The molecule has 4 heteroatoms. The Kier molecular flexibility index (Phi) is 9.44. The molecule has 0 N–H and O–H groups in total. The molecule has 27 heavy (non-hydrogen) atoms. The third-order valence-electron chi connectivity index (χ3n) is 3.66. The van der Waals surface area contributed by atoms with Gasteiger partial charge in [0.05, 0.1) is 12.5 Å². The zero-order valence-corrected chi connectivity index (χ0v) is 16.1. The molecule has 0 aliphatic rings. The number of hydrogen-bond acceptors (Lipinski definition) is 4. The zero-order chi connectivity index (χ0) is 19.2. The standard InChI is InChI=1S/C23H28O4/c1-3-13-24-15-17-26-22-9-5-20(6-10-22)19-21-7-11-23(12-8-21)27-18-16-25-14-4-2/h3-14H,15-19H2,1-2H3. The highest BCUT2D eigenvalue weighted by Gasteiger charge is 2.00. The van der Waals surface area contributed by atoms with Crippen molar-refractivity contribution in [1.82, 2.24) is 0 Å². The fraction of sp³-hybridized carbons (Fsp3) is 0.304. The van der Waals surface area contributed by atoms with Gasteiger partial charge in [-0.15, -0.1) is 0 Å². The van der Waals surface area contributed by atoms with E-state index in [-0.39, 0.29) is 0 Å². The Labute approximate surface area is 162 Å². The van der Waals surface area contributed by atoms with E-state index < -0.39 is 0 Å². The molecule has 0 spiro atoms. The molecule has 0 radical (unpaired) electrons. The average Bonchev–Trinajstić information content (AvgIpc) is 2.70. The molecular weight excluding hydrogens is 340 g/mol. The van der Waals surface area contributed by atoms with Gasteiger partial charge >= 0.3 is 0 Å². The molecule has 2 rings (SSSR count). The lowest BCUT2D eigenvalue weighted by atomic mass is 10.0. The summed E-state index contributed by atoms with van der Waals surface area (Å²) in [5, 5.41) is 0. The first-order chi connectivity index (χ1) is 13.3. The minimum atomic E-state index is 0.533. The van der Waals surface area contributed by atoms with Crippen LogP contribution in [0, 0.1) is 0 Å². The Morgan fingerprint density at radius 1 is 0.593 bits per heavy atom. The van der Waals surface area contributed by atoms with E-state index in [1.807, 2.05) is 50.3 Å². The third kappa shape index (κ3) is 8.36. The van der Waals surface area contributed by atoms with Crippen molar-refractivity contribution in [2.24, 2.45) is 0 Å². The third-order valence-corrected chi connectivity index (χ3v) is 3.66. The van der Waals surface area contributed by atoms with Gasteiger partial charge in [-0.25, -0.2) is 0 Å². The molecule has 0 unspecified atom stereocenters. The van der Waals surface area contributed by atoms with Gasteiger partial charge in [-0.05, 0) is 55.7 Å². The molecule has 4 nitrogen and oxygen atoms in total. The van der Waals surface area contributed by atoms with Crippen molar-refractivity contribution in [3.63, 3.8) is 0 Å². The van der Waals surface area contributed by atoms with Crippen LogP contribution in [0.25, 0.3) is 0 Å². The van der Waals surface area contributed by atoms with E-state index in [1.165, 1.54) is 11.1 Å². The van der Waals surface area contributed by atoms with Gasteiger partial charge in [0.25, 0.3) is 0 Å². The number of ether oxygens (including phenoxy) is 4. The lowest BCUT2D eigenvalue weighted by Crippen LogP contribution is -2.04. The van der Waals surface area contributed by atoms with Gasteiger partial charge in [0, 0.05) is 0 Å². The van der Waals surface area contributed by atoms with E-state index in [4.69, 9.17) is 18.9 Å². The number of benzene rings is 2. The maximum absolute atomic E-state index is 5.65. The largest absolute Gasteiger partial charge is 0.498 e. The van der Waals surface area contributed by atoms with Gasteiger partial charge in [-0.1, -0.05) is 36.4 Å². The monoisotopic (exact) mass is 368 g/mol. The first kappa shape index (κ1) is 20.4. The van der Waals surface area contributed by atoms with Gasteiger partial charge in [0.2, 0.25) is 0 Å². The molecule has 0 amide bonds. The first-order valence-electron chi connectivity index (χ1n) is 9.21. The molecule has 0 aromatic heterocycles. The quantitative estimate of drug-likeness (QED) is 0.384. The summed E-state index contributed by atoms with van der Waals surface area (Å²) in [7, 11) is 0. The molecule has 0 atom stereocenters. The minimum absolute atomic E-state index is 0.533. The molecule has 0 fully saturated rings. The van der Waals surface area contributed by atoms with Crippen molar-refractivity contribution in [3.8, 4) is 11.5 Å². The molecule has 0 bridgehead atoms. The lowest BCUT2D eigenvalue weighted by molar-refractivity contribution is 0.178. The highest BCUT2D eigenvalue weighted by Crippen LogP contribution is 2.18. The summed E-state index contributed by atoms with van der Waals surface area (Å²) in [6.07, 6.45) is 7.91. The molecule has 0 aliphatic heterocycles. The van der Waals surface area contributed by atoms with Crippen LogP contribution in [0.3, 0.4) is 0 Å². The van der Waals surface area contributed by atoms with Gasteiger partial charge in [-0.2, -0.15) is 0 Å². The normalized spacial score (nSPS) is 11.0. The van der Waals surface area contributed by atoms with Crippen LogP contribution in [0.15, 0.2) is 73.2 Å². The van der Waals surface area contributed by atoms with Crippen molar-refractivity contribution in [1.29, 1.82) is 0 Å². The van der Waals surface area contributed by atoms with E-state index in [1.54, 1.807) is 12.5 Å². The topological polar surface area (TPSA) is 36.9 Å². The van der Waals surface area contributed by atoms with Crippen LogP contribution < -0.4 is 9.47 Å². The molecule has 2 aromatic rings. The maximum Gasteiger partial charge on any atom is 0.122 e. The van der Waals surface area contributed by atoms with E-state index >= 15 is 0 Å². The molecule has 0 aliphatic carbocycles. The number of hydrogen-bond donors (Lipinski definition) is 0. The summed E-state index contributed by atoms with van der Waals surface area (Å²) in [5.74, 6) is 1.71. The number of rotatable bonds is 12. The second-order valence-corrected chi connectivity index (χ2v) is 5.84. The summed E-state index contributed by atoms with van der Waals surface area (Å²) in [4.78, 5) is 0. The summed E-state index contributed by atoms with van der Waals surface area (Å²) in [5.41, 5.74) is 2.47. The Hall–Kier alpha value is -2.88. The second-order valence-electron chi connectivity index (χ2n) is 5.84. The van der Waals surface area contributed by atoms with Crippen molar-refractivity contribution < 1.29 is 18.9 Å². The van der Waals surface area contributed by atoms with Crippen LogP contribution in [-0.2, 0) is 15.9 Å². The van der Waals surface area contributed by atoms with Crippen LogP contribution in [-0.4, -0.2) is 26.4 Å². The van der Waals surface area contributed by atoms with Gasteiger partial charge in [0.15, 0.2) is 0 Å². The molecule has 144 valence electrons. The molecule has 2 aromatic carbocycles. The summed E-state index contributed by atoms with van der Waals surface area (Å²) in [6.45, 7) is 5.99. The smallest absolute Gasteiger partial charge is 0.122 e. The van der Waals surface area contributed by atoms with Crippen LogP contribution in [0.5, 0.6) is 11.5 Å². The van der Waals surface area contributed by atoms with Crippen LogP contribution in [0.1, 0.15) is 25.0 Å². The van der Waals surface area contributed by atoms with Crippen molar-refractivity contribution in [2.45, 2.75) is 20.3 Å². The second kappa shape index (κ2) is 12.5. The van der Waals surface area contributed by atoms with Crippen molar-refractivity contribution >= 4 is 0 Å². The highest BCUT2D eigenvalue weighted by atomic mass is 16.5. The average molecular weight is 368 g/mol. The van der Waals surface area contributed by atoms with E-state index in [9.17, 15) is 0 Å². The maximum atomic E-state index is 5.65. The van der Waals surface area contributed by atoms with Crippen molar-refractivity contribution in [2.75, 3.05) is 26.4 Å². The molecule has 0 saturated carbocycles. The Balaban J connectivity index is 1.74. The fourth-order valence-corrected chi connectivity index (χ4v) is 2.39. The van der Waals surface area contributed by atoms with Gasteiger partial charge in [0.1, 0.15) is 37.9 Å². The van der Waals surface area contributed by atoms with E-state index in [2.05, 4.69) is 24.3 Å². The minimum Gasteiger partial charge on any atom is -0.498 e. The predicted molar refractivity (Wildman–Crippen MR) is 108 cm³/mol. The van der Waals surface area contributed by atoms with Crippen molar-refractivity contribution in [3.05, 3.63) is 84.3 Å². The Bertz CT molecular complexity index is 626. The lowest BCUT2D eigenvalue weighted by Gasteiger charge is -2.09. The van der Waals surface area contributed by atoms with Gasteiger partial charge < -0.3 is 18.9 Å². The SMILES string of the molecule is CC=COCCOc1ccc(Cc2ccc(OCCOC=CC)cc2)cc1. The van der Waals surface area contributed by atoms with E-state index in [0.29, 0.717) is 26.4 Å². The molecule has 0 saturated heterocycles. The number of allylic oxidation sites excluding steroid dienone is 2. The zero-order valence-electron chi connectivity index (χ0n) is 16.1. The van der Waals surface area contributed by atoms with Crippen LogP contribution in [0.2, 0.25) is 0 Å². The highest BCUT2D eigenvalue weighted by molar-refractivity contribution is 5.34.